The zero-order chi connectivity index (χ0) is 15.7. The van der Waals surface area contributed by atoms with E-state index in [1.54, 1.807) is 11.8 Å². The van der Waals surface area contributed by atoms with Gasteiger partial charge in [0.05, 0.1) is 0 Å². The topological polar surface area (TPSA) is 84.7 Å². The van der Waals surface area contributed by atoms with Gasteiger partial charge >= 0.3 is 0 Å². The van der Waals surface area contributed by atoms with Crippen LogP contribution in [0.4, 0.5) is 11.4 Å². The quantitative estimate of drug-likeness (QED) is 0.855. The molecule has 2 aliphatic heterocycles. The van der Waals surface area contributed by atoms with Crippen LogP contribution in [0.3, 0.4) is 0 Å². The number of carbonyl (C=O) groups excluding carboxylic acids is 2. The highest BCUT2D eigenvalue weighted by Crippen LogP contribution is 2.31. The minimum atomic E-state index is -0.858. The number of ether oxygens (including phenoxy) is 1. The Kier molecular flexibility index (Phi) is 3.88. The van der Waals surface area contributed by atoms with Gasteiger partial charge in [-0.3, -0.25) is 9.59 Å². The summed E-state index contributed by atoms with van der Waals surface area (Å²) in [6, 6.07) is 5.63. The molecule has 6 heteroatoms. The van der Waals surface area contributed by atoms with Crippen molar-refractivity contribution >= 4 is 23.2 Å². The number of anilines is 2. The maximum absolute atomic E-state index is 12.4. The maximum atomic E-state index is 12.4. The van der Waals surface area contributed by atoms with Crippen LogP contribution in [0.5, 0.6) is 0 Å². The van der Waals surface area contributed by atoms with Crippen molar-refractivity contribution in [3.63, 3.8) is 0 Å². The van der Waals surface area contributed by atoms with Gasteiger partial charge in [0.1, 0.15) is 5.54 Å². The van der Waals surface area contributed by atoms with Crippen molar-refractivity contribution in [1.82, 2.24) is 0 Å². The van der Waals surface area contributed by atoms with Gasteiger partial charge in [-0.25, -0.2) is 0 Å². The van der Waals surface area contributed by atoms with Crippen LogP contribution in [-0.2, 0) is 20.7 Å². The molecule has 1 saturated heterocycles. The fourth-order valence-electron chi connectivity index (χ4n) is 3.02. The Bertz CT molecular complexity index is 609. The van der Waals surface area contributed by atoms with Crippen LogP contribution in [0.2, 0.25) is 0 Å². The molecule has 0 aliphatic carbocycles. The summed E-state index contributed by atoms with van der Waals surface area (Å²) in [5, 5.41) is 2.90. The Morgan fingerprint density at radius 1 is 1.32 bits per heavy atom. The van der Waals surface area contributed by atoms with Gasteiger partial charge in [0.15, 0.2) is 0 Å². The molecule has 6 nitrogen and oxygen atoms in total. The lowest BCUT2D eigenvalue weighted by molar-refractivity contribution is -0.124. The highest BCUT2D eigenvalue weighted by atomic mass is 16.5. The van der Waals surface area contributed by atoms with Gasteiger partial charge < -0.3 is 20.7 Å². The van der Waals surface area contributed by atoms with Gasteiger partial charge in [0, 0.05) is 38.1 Å². The van der Waals surface area contributed by atoms with E-state index in [2.05, 4.69) is 5.32 Å². The van der Waals surface area contributed by atoms with Gasteiger partial charge in [-0.05, 0) is 43.0 Å². The summed E-state index contributed by atoms with van der Waals surface area (Å²) in [4.78, 5) is 25.7. The first-order valence-corrected chi connectivity index (χ1v) is 7.59. The van der Waals surface area contributed by atoms with Crippen molar-refractivity contribution in [2.45, 2.75) is 31.7 Å². The first-order chi connectivity index (χ1) is 10.5. The number of benzene rings is 1. The molecular formula is C16H21N3O3. The second-order valence-corrected chi connectivity index (χ2v) is 5.99. The zero-order valence-corrected chi connectivity index (χ0v) is 12.7. The lowest BCUT2D eigenvalue weighted by Gasteiger charge is -2.31. The van der Waals surface area contributed by atoms with Crippen molar-refractivity contribution in [1.29, 1.82) is 0 Å². The standard InChI is InChI=1S/C16H21N3O3/c1-11(20)19-7-4-12-10-13(2-3-14(12)19)18-15(21)16(17)5-8-22-9-6-16/h2-3,10H,4-9,17H2,1H3,(H,18,21). The highest BCUT2D eigenvalue weighted by Gasteiger charge is 2.36. The smallest absolute Gasteiger partial charge is 0.244 e. The number of hydrogen-bond acceptors (Lipinski definition) is 4. The SMILES string of the molecule is CC(=O)N1CCc2cc(NC(=O)C3(N)CCOCC3)ccc21. The number of amides is 2. The highest BCUT2D eigenvalue weighted by molar-refractivity contribution is 5.99. The lowest BCUT2D eigenvalue weighted by atomic mass is 9.90. The van der Waals surface area contributed by atoms with Gasteiger partial charge in [-0.2, -0.15) is 0 Å². The fourth-order valence-corrected chi connectivity index (χ4v) is 3.02. The average Bonchev–Trinajstić information content (AvgIpc) is 2.91. The Balaban J connectivity index is 1.74. The van der Waals surface area contributed by atoms with Gasteiger partial charge in [-0.1, -0.05) is 0 Å². The molecular weight excluding hydrogens is 282 g/mol. The maximum Gasteiger partial charge on any atom is 0.244 e. The summed E-state index contributed by atoms with van der Waals surface area (Å²) in [6.07, 6.45) is 1.87. The van der Waals surface area contributed by atoms with Gasteiger partial charge in [0.25, 0.3) is 0 Å². The second kappa shape index (κ2) is 5.70. The number of rotatable bonds is 2. The largest absolute Gasteiger partial charge is 0.381 e. The van der Waals surface area contributed by atoms with E-state index < -0.39 is 5.54 Å². The van der Waals surface area contributed by atoms with E-state index in [0.29, 0.717) is 32.6 Å². The Labute approximate surface area is 129 Å². The van der Waals surface area contributed by atoms with Gasteiger partial charge in [-0.15, -0.1) is 0 Å². The molecule has 0 bridgehead atoms. The third-order valence-electron chi connectivity index (χ3n) is 4.45. The van der Waals surface area contributed by atoms with Crippen molar-refractivity contribution in [3.05, 3.63) is 23.8 Å². The number of fused-ring (bicyclic) bond motifs is 1. The Hall–Kier alpha value is -1.92. The third kappa shape index (κ3) is 2.71. The van der Waals surface area contributed by atoms with Crippen LogP contribution in [0.1, 0.15) is 25.3 Å². The fraction of sp³-hybridized carbons (Fsp3) is 0.500. The Morgan fingerprint density at radius 2 is 2.05 bits per heavy atom. The number of carbonyl (C=O) groups is 2. The van der Waals surface area contributed by atoms with Crippen LogP contribution in [0, 0.1) is 0 Å². The molecule has 2 heterocycles. The molecule has 1 fully saturated rings. The Morgan fingerprint density at radius 3 is 2.73 bits per heavy atom. The number of nitrogens with zero attached hydrogens (tertiary/aromatic N) is 1. The average molecular weight is 303 g/mol. The van der Waals surface area contributed by atoms with Gasteiger partial charge in [0.2, 0.25) is 11.8 Å². The number of nitrogens with two attached hydrogens (primary N) is 1. The molecule has 118 valence electrons. The zero-order valence-electron chi connectivity index (χ0n) is 12.7. The molecule has 3 rings (SSSR count). The van der Waals surface area contributed by atoms with E-state index in [4.69, 9.17) is 10.5 Å². The van der Waals surface area contributed by atoms with Crippen molar-refractivity contribution < 1.29 is 14.3 Å². The number of hydrogen-bond donors (Lipinski definition) is 2. The first kappa shape index (κ1) is 15.0. The molecule has 0 saturated carbocycles. The van der Waals surface area contributed by atoms with Crippen molar-refractivity contribution in [3.8, 4) is 0 Å². The molecule has 0 unspecified atom stereocenters. The summed E-state index contributed by atoms with van der Waals surface area (Å²) in [6.45, 7) is 3.29. The van der Waals surface area contributed by atoms with E-state index in [-0.39, 0.29) is 11.8 Å². The molecule has 1 aromatic carbocycles. The summed E-state index contributed by atoms with van der Waals surface area (Å²) in [5.74, 6) is -0.129. The summed E-state index contributed by atoms with van der Waals surface area (Å²) in [5.41, 5.74) is 8.05. The van der Waals surface area contributed by atoms with Crippen LogP contribution < -0.4 is 16.0 Å². The van der Waals surface area contributed by atoms with E-state index in [9.17, 15) is 9.59 Å². The normalized spacial score (nSPS) is 19.6. The minimum absolute atomic E-state index is 0.0404. The molecule has 0 spiro atoms. The molecule has 0 radical (unpaired) electrons. The van der Waals surface area contributed by atoms with E-state index in [0.717, 1.165) is 23.4 Å². The van der Waals surface area contributed by atoms with Crippen LogP contribution >= 0.6 is 0 Å². The monoisotopic (exact) mass is 303 g/mol. The minimum Gasteiger partial charge on any atom is -0.381 e. The molecule has 1 aromatic rings. The molecule has 3 N–H and O–H groups in total. The summed E-state index contributed by atoms with van der Waals surface area (Å²) in [7, 11) is 0. The van der Waals surface area contributed by atoms with Crippen LogP contribution in [0.25, 0.3) is 0 Å². The van der Waals surface area contributed by atoms with Crippen molar-refractivity contribution in [2.24, 2.45) is 5.73 Å². The molecule has 0 atom stereocenters. The molecule has 22 heavy (non-hydrogen) atoms. The van der Waals surface area contributed by atoms with E-state index in [1.165, 1.54) is 0 Å². The van der Waals surface area contributed by atoms with E-state index >= 15 is 0 Å². The predicted molar refractivity (Wildman–Crippen MR) is 83.8 cm³/mol. The molecule has 2 amide bonds. The first-order valence-electron chi connectivity index (χ1n) is 7.59. The van der Waals surface area contributed by atoms with Crippen LogP contribution in [0.15, 0.2) is 18.2 Å². The van der Waals surface area contributed by atoms with Crippen LogP contribution in [-0.4, -0.2) is 37.1 Å². The van der Waals surface area contributed by atoms with E-state index in [1.807, 2.05) is 18.2 Å². The van der Waals surface area contributed by atoms with Crippen molar-refractivity contribution in [2.75, 3.05) is 30.0 Å². The lowest BCUT2D eigenvalue weighted by Crippen LogP contribution is -2.54. The predicted octanol–water partition coefficient (Wildman–Crippen LogP) is 1.04. The summed E-state index contributed by atoms with van der Waals surface area (Å²) >= 11 is 0. The third-order valence-corrected chi connectivity index (χ3v) is 4.45. The molecule has 2 aliphatic rings. The molecule has 0 aromatic heterocycles. The number of nitrogens with one attached hydrogen (secondary N) is 1. The second-order valence-electron chi connectivity index (χ2n) is 5.99. The summed E-state index contributed by atoms with van der Waals surface area (Å²) < 4.78 is 5.26.